The molecule has 0 spiro atoms. The van der Waals surface area contributed by atoms with Gasteiger partial charge in [-0.15, -0.1) is 11.6 Å². The molecule has 0 aliphatic heterocycles. The topological polar surface area (TPSA) is 12.0 Å². The summed E-state index contributed by atoms with van der Waals surface area (Å²) in [5.41, 5.74) is 0. The van der Waals surface area contributed by atoms with E-state index < -0.39 is 0 Å². The van der Waals surface area contributed by atoms with Crippen LogP contribution in [0.1, 0.15) is 57.8 Å². The highest BCUT2D eigenvalue weighted by Crippen LogP contribution is 2.17. The van der Waals surface area contributed by atoms with Crippen LogP contribution in [0.3, 0.4) is 0 Å². The van der Waals surface area contributed by atoms with E-state index in [1.807, 2.05) is 0 Å². The van der Waals surface area contributed by atoms with Gasteiger partial charge in [0.1, 0.15) is 0 Å². The molecule has 0 heterocycles. The molecule has 0 saturated heterocycles. The highest BCUT2D eigenvalue weighted by atomic mass is 35.5. The van der Waals surface area contributed by atoms with Crippen molar-refractivity contribution in [2.75, 3.05) is 12.4 Å². The fourth-order valence-corrected chi connectivity index (χ4v) is 2.37. The molecule has 1 aliphatic rings. The molecule has 0 bridgehead atoms. The van der Waals surface area contributed by atoms with Crippen LogP contribution in [-0.4, -0.2) is 18.5 Å². The van der Waals surface area contributed by atoms with Crippen LogP contribution in [0.5, 0.6) is 0 Å². The van der Waals surface area contributed by atoms with Crippen LogP contribution in [0.25, 0.3) is 0 Å². The predicted molar refractivity (Wildman–Crippen MR) is 64.1 cm³/mol. The lowest BCUT2D eigenvalue weighted by Crippen LogP contribution is -2.31. The summed E-state index contributed by atoms with van der Waals surface area (Å²) in [6, 6.07) is 0.830. The maximum Gasteiger partial charge on any atom is 0.0223 e. The second kappa shape index (κ2) is 8.55. The summed E-state index contributed by atoms with van der Waals surface area (Å²) < 4.78 is 0. The maximum atomic E-state index is 5.62. The van der Waals surface area contributed by atoms with Crippen molar-refractivity contribution in [1.82, 2.24) is 5.32 Å². The number of rotatable bonds is 7. The third-order valence-corrected chi connectivity index (χ3v) is 3.37. The molecular weight excluding hydrogens is 194 g/mol. The normalized spacial score (nSPS) is 18.6. The van der Waals surface area contributed by atoms with Gasteiger partial charge in [-0.3, -0.25) is 0 Å². The Kier molecular flexibility index (Phi) is 7.52. The number of alkyl halides is 1. The Balaban J connectivity index is 1.82. The summed E-state index contributed by atoms with van der Waals surface area (Å²) in [6.45, 7) is 1.22. The standard InChI is InChI=1S/C12H24ClN/c13-10-6-1-2-7-11-14-12-8-4-3-5-9-12/h12,14H,1-11H2. The molecule has 84 valence electrons. The van der Waals surface area contributed by atoms with Gasteiger partial charge in [0.05, 0.1) is 0 Å². The van der Waals surface area contributed by atoms with Crippen LogP contribution >= 0.6 is 11.6 Å². The van der Waals surface area contributed by atoms with Crippen molar-refractivity contribution in [1.29, 1.82) is 0 Å². The van der Waals surface area contributed by atoms with Crippen molar-refractivity contribution >= 4 is 11.6 Å². The molecule has 0 aromatic carbocycles. The average Bonchev–Trinajstić information content (AvgIpc) is 2.25. The van der Waals surface area contributed by atoms with Gasteiger partial charge in [-0.25, -0.2) is 0 Å². The molecule has 0 aromatic heterocycles. The van der Waals surface area contributed by atoms with E-state index in [-0.39, 0.29) is 0 Å². The Bertz CT molecular complexity index is 121. The summed E-state index contributed by atoms with van der Waals surface area (Å²) in [5.74, 6) is 0.829. The smallest absolute Gasteiger partial charge is 0.0223 e. The van der Waals surface area contributed by atoms with Gasteiger partial charge in [0.15, 0.2) is 0 Å². The lowest BCUT2D eigenvalue weighted by molar-refractivity contribution is 0.370. The SMILES string of the molecule is ClCCCCCCNC1CCCCC1. The molecule has 1 aliphatic carbocycles. The largest absolute Gasteiger partial charge is 0.314 e. The highest BCUT2D eigenvalue weighted by molar-refractivity contribution is 6.17. The van der Waals surface area contributed by atoms with Gasteiger partial charge in [-0.1, -0.05) is 32.1 Å². The maximum absolute atomic E-state index is 5.62. The third kappa shape index (κ3) is 5.87. The van der Waals surface area contributed by atoms with Crippen LogP contribution in [0.15, 0.2) is 0 Å². The van der Waals surface area contributed by atoms with Gasteiger partial charge in [-0.2, -0.15) is 0 Å². The van der Waals surface area contributed by atoms with E-state index in [4.69, 9.17) is 11.6 Å². The van der Waals surface area contributed by atoms with Gasteiger partial charge >= 0.3 is 0 Å². The van der Waals surface area contributed by atoms with Crippen LogP contribution in [0, 0.1) is 0 Å². The second-order valence-corrected chi connectivity index (χ2v) is 4.77. The summed E-state index contributed by atoms with van der Waals surface area (Å²) in [4.78, 5) is 0. The molecule has 1 rings (SSSR count). The Labute approximate surface area is 93.6 Å². The van der Waals surface area contributed by atoms with Crippen LogP contribution in [0.4, 0.5) is 0 Å². The van der Waals surface area contributed by atoms with E-state index in [0.717, 1.165) is 11.9 Å². The summed E-state index contributed by atoms with van der Waals surface area (Å²) in [5, 5.41) is 3.67. The molecule has 0 amide bonds. The Morgan fingerprint density at radius 1 is 0.929 bits per heavy atom. The zero-order valence-corrected chi connectivity index (χ0v) is 9.99. The van der Waals surface area contributed by atoms with E-state index in [2.05, 4.69) is 5.32 Å². The minimum atomic E-state index is 0.829. The molecule has 2 heteroatoms. The molecule has 1 fully saturated rings. The number of hydrogen-bond acceptors (Lipinski definition) is 1. The van der Waals surface area contributed by atoms with E-state index in [1.165, 1.54) is 64.3 Å². The summed E-state index contributed by atoms with van der Waals surface area (Å²) in [6.07, 6.45) is 12.3. The minimum Gasteiger partial charge on any atom is -0.314 e. The highest BCUT2D eigenvalue weighted by Gasteiger charge is 2.11. The van der Waals surface area contributed by atoms with Crippen LogP contribution in [-0.2, 0) is 0 Å². The Hall–Kier alpha value is 0.250. The van der Waals surface area contributed by atoms with Gasteiger partial charge < -0.3 is 5.32 Å². The second-order valence-electron chi connectivity index (χ2n) is 4.39. The number of unbranched alkanes of at least 4 members (excludes halogenated alkanes) is 3. The molecule has 0 atom stereocenters. The predicted octanol–water partition coefficient (Wildman–Crippen LogP) is 3.71. The fraction of sp³-hybridized carbons (Fsp3) is 1.00. The molecule has 14 heavy (non-hydrogen) atoms. The summed E-state index contributed by atoms with van der Waals surface area (Å²) in [7, 11) is 0. The quantitative estimate of drug-likeness (QED) is 0.507. The first-order chi connectivity index (χ1) is 6.93. The fourth-order valence-electron chi connectivity index (χ4n) is 2.19. The Morgan fingerprint density at radius 3 is 2.36 bits per heavy atom. The molecular formula is C12H24ClN. The lowest BCUT2D eigenvalue weighted by Gasteiger charge is -2.22. The molecule has 0 unspecified atom stereocenters. The number of halogens is 1. The zero-order valence-electron chi connectivity index (χ0n) is 9.23. The molecule has 1 N–H and O–H groups in total. The van der Waals surface area contributed by atoms with Gasteiger partial charge in [0.25, 0.3) is 0 Å². The van der Waals surface area contributed by atoms with Crippen molar-refractivity contribution < 1.29 is 0 Å². The molecule has 0 aromatic rings. The first kappa shape index (κ1) is 12.3. The van der Waals surface area contributed by atoms with E-state index in [1.54, 1.807) is 0 Å². The van der Waals surface area contributed by atoms with Crippen LogP contribution < -0.4 is 5.32 Å². The zero-order chi connectivity index (χ0) is 10.1. The number of nitrogens with one attached hydrogen (secondary N) is 1. The van der Waals surface area contributed by atoms with E-state index in [0.29, 0.717) is 0 Å². The minimum absolute atomic E-state index is 0.829. The number of hydrogen-bond donors (Lipinski definition) is 1. The van der Waals surface area contributed by atoms with Crippen molar-refractivity contribution in [3.8, 4) is 0 Å². The van der Waals surface area contributed by atoms with Crippen molar-refractivity contribution in [3.05, 3.63) is 0 Å². The average molecular weight is 218 g/mol. The van der Waals surface area contributed by atoms with E-state index in [9.17, 15) is 0 Å². The monoisotopic (exact) mass is 217 g/mol. The van der Waals surface area contributed by atoms with Gasteiger partial charge in [0.2, 0.25) is 0 Å². The van der Waals surface area contributed by atoms with Gasteiger partial charge in [0, 0.05) is 11.9 Å². The van der Waals surface area contributed by atoms with Crippen molar-refractivity contribution in [2.24, 2.45) is 0 Å². The lowest BCUT2D eigenvalue weighted by atomic mass is 9.95. The third-order valence-electron chi connectivity index (χ3n) is 3.10. The molecule has 0 radical (unpaired) electrons. The van der Waals surface area contributed by atoms with Gasteiger partial charge in [-0.05, 0) is 32.2 Å². The van der Waals surface area contributed by atoms with E-state index >= 15 is 0 Å². The van der Waals surface area contributed by atoms with Crippen molar-refractivity contribution in [2.45, 2.75) is 63.8 Å². The van der Waals surface area contributed by atoms with Crippen LogP contribution in [0.2, 0.25) is 0 Å². The molecule has 1 nitrogen and oxygen atoms in total. The summed E-state index contributed by atoms with van der Waals surface area (Å²) >= 11 is 5.62. The Morgan fingerprint density at radius 2 is 1.64 bits per heavy atom. The first-order valence-corrected chi connectivity index (χ1v) is 6.76. The van der Waals surface area contributed by atoms with Crippen molar-refractivity contribution in [3.63, 3.8) is 0 Å². The molecule has 1 saturated carbocycles. The first-order valence-electron chi connectivity index (χ1n) is 6.23.